The van der Waals surface area contributed by atoms with Crippen LogP contribution in [0.4, 0.5) is 0 Å². The summed E-state index contributed by atoms with van der Waals surface area (Å²) in [6, 6.07) is 19.6. The van der Waals surface area contributed by atoms with Crippen LogP contribution in [-0.2, 0) is 11.3 Å². The molecule has 2 atom stereocenters. The van der Waals surface area contributed by atoms with Crippen molar-refractivity contribution in [2.24, 2.45) is 5.92 Å². The van der Waals surface area contributed by atoms with Crippen molar-refractivity contribution >= 4 is 0 Å². The van der Waals surface area contributed by atoms with E-state index in [1.807, 2.05) is 60.7 Å². The Labute approximate surface area is 120 Å². The van der Waals surface area contributed by atoms with Crippen molar-refractivity contribution < 1.29 is 9.84 Å². The Morgan fingerprint density at radius 2 is 1.60 bits per heavy atom. The molecule has 0 saturated carbocycles. The molecule has 0 aliphatic carbocycles. The lowest BCUT2D eigenvalue weighted by molar-refractivity contribution is 0.0400. The summed E-state index contributed by atoms with van der Waals surface area (Å²) in [7, 11) is 0. The van der Waals surface area contributed by atoms with E-state index in [1.165, 1.54) is 0 Å². The second-order valence-corrected chi connectivity index (χ2v) is 4.76. The molecule has 2 aromatic carbocycles. The lowest BCUT2D eigenvalue weighted by Crippen LogP contribution is -2.16. The Kier molecular flexibility index (Phi) is 5.54. The van der Waals surface area contributed by atoms with Gasteiger partial charge in [-0.05, 0) is 11.1 Å². The van der Waals surface area contributed by atoms with Crippen molar-refractivity contribution in [1.29, 1.82) is 0 Å². The van der Waals surface area contributed by atoms with Crippen LogP contribution in [0, 0.1) is 5.92 Å². The Balaban J connectivity index is 1.88. The highest BCUT2D eigenvalue weighted by atomic mass is 16.5. The van der Waals surface area contributed by atoms with Crippen LogP contribution in [0.3, 0.4) is 0 Å². The molecule has 0 aliphatic rings. The molecule has 0 bridgehead atoms. The zero-order valence-electron chi connectivity index (χ0n) is 11.5. The molecular formula is C18H20O2. The number of hydrogen-bond donors (Lipinski definition) is 1. The zero-order valence-corrected chi connectivity index (χ0v) is 11.5. The fourth-order valence-corrected chi connectivity index (χ4v) is 2.07. The fourth-order valence-electron chi connectivity index (χ4n) is 2.07. The van der Waals surface area contributed by atoms with Crippen LogP contribution < -0.4 is 0 Å². The summed E-state index contributed by atoms with van der Waals surface area (Å²) in [5.41, 5.74) is 2.02. The maximum atomic E-state index is 10.3. The van der Waals surface area contributed by atoms with Crippen LogP contribution in [0.25, 0.3) is 0 Å². The molecule has 2 rings (SSSR count). The Morgan fingerprint density at radius 3 is 2.20 bits per heavy atom. The molecule has 2 heteroatoms. The van der Waals surface area contributed by atoms with E-state index in [-0.39, 0.29) is 5.92 Å². The van der Waals surface area contributed by atoms with Crippen molar-refractivity contribution in [2.45, 2.75) is 12.7 Å². The average Bonchev–Trinajstić information content (AvgIpc) is 2.53. The Hall–Kier alpha value is -1.90. The predicted molar refractivity (Wildman–Crippen MR) is 81.2 cm³/mol. The normalized spacial score (nSPS) is 13.7. The molecule has 0 radical (unpaired) electrons. The molecule has 0 aliphatic heterocycles. The Bertz CT molecular complexity index is 507. The number of hydrogen-bond acceptors (Lipinski definition) is 2. The van der Waals surface area contributed by atoms with Gasteiger partial charge >= 0.3 is 0 Å². The maximum absolute atomic E-state index is 10.3. The molecule has 0 saturated heterocycles. The zero-order chi connectivity index (χ0) is 14.2. The number of ether oxygens (including phenoxy) is 1. The van der Waals surface area contributed by atoms with Crippen molar-refractivity contribution in [3.8, 4) is 0 Å². The van der Waals surface area contributed by atoms with Crippen LogP contribution in [0.2, 0.25) is 0 Å². The third kappa shape index (κ3) is 4.05. The molecule has 0 fully saturated rings. The number of benzene rings is 2. The smallest absolute Gasteiger partial charge is 0.0874 e. The van der Waals surface area contributed by atoms with Crippen LogP contribution in [0.15, 0.2) is 73.3 Å². The first kappa shape index (κ1) is 14.5. The van der Waals surface area contributed by atoms with Crippen LogP contribution in [0.5, 0.6) is 0 Å². The topological polar surface area (TPSA) is 29.5 Å². The van der Waals surface area contributed by atoms with Gasteiger partial charge in [0.2, 0.25) is 0 Å². The largest absolute Gasteiger partial charge is 0.388 e. The van der Waals surface area contributed by atoms with E-state index in [0.29, 0.717) is 13.2 Å². The summed E-state index contributed by atoms with van der Waals surface area (Å²) in [6.07, 6.45) is 1.17. The molecule has 0 amide bonds. The van der Waals surface area contributed by atoms with E-state index >= 15 is 0 Å². The van der Waals surface area contributed by atoms with Gasteiger partial charge in [-0.25, -0.2) is 0 Å². The van der Waals surface area contributed by atoms with Gasteiger partial charge in [-0.1, -0.05) is 66.7 Å². The van der Waals surface area contributed by atoms with Crippen LogP contribution in [-0.4, -0.2) is 11.7 Å². The number of rotatable bonds is 7. The van der Waals surface area contributed by atoms with Gasteiger partial charge in [-0.3, -0.25) is 0 Å². The highest BCUT2D eigenvalue weighted by Crippen LogP contribution is 2.23. The second kappa shape index (κ2) is 7.63. The maximum Gasteiger partial charge on any atom is 0.0874 e. The summed E-state index contributed by atoms with van der Waals surface area (Å²) >= 11 is 0. The van der Waals surface area contributed by atoms with Gasteiger partial charge in [0.1, 0.15) is 0 Å². The minimum Gasteiger partial charge on any atom is -0.388 e. The number of aliphatic hydroxyl groups excluding tert-OH is 1. The lowest BCUT2D eigenvalue weighted by Gasteiger charge is -2.20. The third-order valence-corrected chi connectivity index (χ3v) is 3.27. The van der Waals surface area contributed by atoms with Gasteiger partial charge in [0, 0.05) is 5.92 Å². The molecule has 2 nitrogen and oxygen atoms in total. The first-order valence-electron chi connectivity index (χ1n) is 6.78. The summed E-state index contributed by atoms with van der Waals surface area (Å²) in [6.45, 7) is 4.79. The van der Waals surface area contributed by atoms with Gasteiger partial charge in [-0.2, -0.15) is 0 Å². The van der Waals surface area contributed by atoms with E-state index < -0.39 is 6.10 Å². The van der Waals surface area contributed by atoms with Gasteiger partial charge < -0.3 is 9.84 Å². The summed E-state index contributed by atoms with van der Waals surface area (Å²) < 4.78 is 5.68. The van der Waals surface area contributed by atoms with Crippen LogP contribution >= 0.6 is 0 Å². The molecule has 104 valence electrons. The predicted octanol–water partition coefficient (Wildman–Crippen LogP) is 3.74. The van der Waals surface area contributed by atoms with Crippen molar-refractivity contribution in [2.75, 3.05) is 6.61 Å². The van der Waals surface area contributed by atoms with Crippen molar-refractivity contribution in [3.63, 3.8) is 0 Å². The van der Waals surface area contributed by atoms with E-state index in [2.05, 4.69) is 6.58 Å². The summed E-state index contributed by atoms with van der Waals surface area (Å²) in [4.78, 5) is 0. The molecule has 20 heavy (non-hydrogen) atoms. The Morgan fingerprint density at radius 1 is 1.00 bits per heavy atom. The van der Waals surface area contributed by atoms with Gasteiger partial charge in [0.25, 0.3) is 0 Å². The van der Waals surface area contributed by atoms with E-state index in [1.54, 1.807) is 6.08 Å². The summed E-state index contributed by atoms with van der Waals surface area (Å²) in [5, 5.41) is 10.3. The lowest BCUT2D eigenvalue weighted by atomic mass is 9.96. The molecular weight excluding hydrogens is 248 g/mol. The standard InChI is InChI=1S/C18H20O2/c1-2-16(18(19)17-11-7-4-8-12-17)14-20-13-15-9-5-3-6-10-15/h2-12,16,18-19H,1,13-14H2/t16-,18-/m1/s1. The van der Waals surface area contributed by atoms with Gasteiger partial charge in [0.05, 0.1) is 19.3 Å². The minimum absolute atomic E-state index is 0.110. The molecule has 1 N–H and O–H groups in total. The van der Waals surface area contributed by atoms with Gasteiger partial charge in [0.15, 0.2) is 0 Å². The third-order valence-electron chi connectivity index (χ3n) is 3.27. The molecule has 0 spiro atoms. The number of aliphatic hydroxyl groups is 1. The second-order valence-electron chi connectivity index (χ2n) is 4.76. The molecule has 0 aromatic heterocycles. The van der Waals surface area contributed by atoms with Crippen molar-refractivity contribution in [3.05, 3.63) is 84.4 Å². The average molecular weight is 268 g/mol. The van der Waals surface area contributed by atoms with E-state index in [4.69, 9.17) is 4.74 Å². The first-order chi connectivity index (χ1) is 9.81. The SMILES string of the molecule is C=C[C@H](COCc1ccccc1)[C@@H](O)c1ccccc1. The van der Waals surface area contributed by atoms with E-state index in [0.717, 1.165) is 11.1 Å². The highest BCUT2D eigenvalue weighted by molar-refractivity contribution is 5.19. The first-order valence-corrected chi connectivity index (χ1v) is 6.78. The molecule has 0 heterocycles. The van der Waals surface area contributed by atoms with E-state index in [9.17, 15) is 5.11 Å². The monoisotopic (exact) mass is 268 g/mol. The molecule has 2 aromatic rings. The molecule has 0 unspecified atom stereocenters. The van der Waals surface area contributed by atoms with Crippen molar-refractivity contribution in [1.82, 2.24) is 0 Å². The minimum atomic E-state index is -0.579. The van der Waals surface area contributed by atoms with Gasteiger partial charge in [-0.15, -0.1) is 6.58 Å². The summed E-state index contributed by atoms with van der Waals surface area (Å²) in [5.74, 6) is -0.110. The quantitative estimate of drug-likeness (QED) is 0.775. The van der Waals surface area contributed by atoms with Crippen LogP contribution in [0.1, 0.15) is 17.2 Å². The highest BCUT2D eigenvalue weighted by Gasteiger charge is 2.17. The fraction of sp³-hybridized carbons (Fsp3) is 0.222.